The zero-order valence-corrected chi connectivity index (χ0v) is 17.1. The Morgan fingerprint density at radius 3 is 2.40 bits per heavy atom. The van der Waals surface area contributed by atoms with E-state index in [0.717, 1.165) is 33.5 Å². The largest absolute Gasteiger partial charge is 0.269 e. The lowest BCUT2D eigenvalue weighted by Gasteiger charge is -2.21. The van der Waals surface area contributed by atoms with Crippen molar-refractivity contribution in [2.24, 2.45) is 0 Å². The molecule has 0 bridgehead atoms. The van der Waals surface area contributed by atoms with E-state index >= 15 is 0 Å². The van der Waals surface area contributed by atoms with Gasteiger partial charge in [-0.25, -0.2) is 9.97 Å². The van der Waals surface area contributed by atoms with Crippen LogP contribution in [0.25, 0.3) is 33.6 Å². The third kappa shape index (κ3) is 3.85. The smallest absolute Gasteiger partial charge is 0.159 e. The van der Waals surface area contributed by atoms with Crippen molar-refractivity contribution in [2.75, 3.05) is 0 Å². The molecule has 150 valence electrons. The lowest BCUT2D eigenvalue weighted by molar-refractivity contribution is 0.329. The number of hydrogen-bond donors (Lipinski definition) is 0. The van der Waals surface area contributed by atoms with Gasteiger partial charge in [-0.05, 0) is 37.5 Å². The Labute approximate surface area is 176 Å². The summed E-state index contributed by atoms with van der Waals surface area (Å²) < 4.78 is 2.12. The SMILES string of the molecule is Cc1cc(-c2cccc(-c3ncc(-c4cnn(C5CCCCC5)c4)cn3)c2)cnn1. The van der Waals surface area contributed by atoms with E-state index in [9.17, 15) is 0 Å². The van der Waals surface area contributed by atoms with E-state index in [0.29, 0.717) is 11.9 Å². The molecule has 0 aliphatic heterocycles. The van der Waals surface area contributed by atoms with Crippen molar-refractivity contribution in [2.45, 2.75) is 45.1 Å². The van der Waals surface area contributed by atoms with Gasteiger partial charge in [0.2, 0.25) is 0 Å². The van der Waals surface area contributed by atoms with E-state index in [1.54, 1.807) is 6.20 Å². The Morgan fingerprint density at radius 2 is 1.60 bits per heavy atom. The highest BCUT2D eigenvalue weighted by atomic mass is 15.3. The Balaban J connectivity index is 1.38. The Kier molecular flexibility index (Phi) is 5.05. The maximum Gasteiger partial charge on any atom is 0.159 e. The molecule has 0 saturated heterocycles. The van der Waals surface area contributed by atoms with Crippen molar-refractivity contribution in [3.8, 4) is 33.6 Å². The average molecular weight is 396 g/mol. The molecule has 3 aromatic heterocycles. The number of benzene rings is 1. The number of nitrogens with zero attached hydrogens (tertiary/aromatic N) is 6. The van der Waals surface area contributed by atoms with E-state index in [2.05, 4.69) is 48.3 Å². The van der Waals surface area contributed by atoms with Gasteiger partial charge >= 0.3 is 0 Å². The zero-order chi connectivity index (χ0) is 20.3. The van der Waals surface area contributed by atoms with Gasteiger partial charge in [-0.2, -0.15) is 15.3 Å². The minimum Gasteiger partial charge on any atom is -0.269 e. The summed E-state index contributed by atoms with van der Waals surface area (Å²) in [6, 6.07) is 10.8. The molecule has 1 aromatic carbocycles. The van der Waals surface area contributed by atoms with Gasteiger partial charge in [0.05, 0.1) is 24.1 Å². The molecule has 1 aliphatic carbocycles. The summed E-state index contributed by atoms with van der Waals surface area (Å²) in [4.78, 5) is 9.25. The van der Waals surface area contributed by atoms with Gasteiger partial charge in [0.15, 0.2) is 5.82 Å². The molecule has 6 heteroatoms. The maximum absolute atomic E-state index is 4.62. The van der Waals surface area contributed by atoms with Crippen LogP contribution in [0.3, 0.4) is 0 Å². The average Bonchev–Trinajstić information content (AvgIpc) is 3.30. The molecule has 0 amide bonds. The summed E-state index contributed by atoms with van der Waals surface area (Å²) in [6.07, 6.45) is 16.0. The first-order valence-corrected chi connectivity index (χ1v) is 10.5. The third-order valence-corrected chi connectivity index (χ3v) is 5.77. The second kappa shape index (κ2) is 8.14. The molecule has 0 radical (unpaired) electrons. The fraction of sp³-hybridized carbons (Fsp3) is 0.292. The lowest BCUT2D eigenvalue weighted by Crippen LogP contribution is -2.12. The van der Waals surface area contributed by atoms with Gasteiger partial charge in [-0.15, -0.1) is 0 Å². The van der Waals surface area contributed by atoms with Crippen molar-refractivity contribution < 1.29 is 0 Å². The normalized spacial score (nSPS) is 14.7. The second-order valence-electron chi connectivity index (χ2n) is 7.96. The Hall–Kier alpha value is -3.41. The highest BCUT2D eigenvalue weighted by Crippen LogP contribution is 2.29. The molecule has 30 heavy (non-hydrogen) atoms. The van der Waals surface area contributed by atoms with E-state index in [1.807, 2.05) is 43.7 Å². The summed E-state index contributed by atoms with van der Waals surface area (Å²) in [5, 5.41) is 12.7. The predicted molar refractivity (Wildman–Crippen MR) is 117 cm³/mol. The van der Waals surface area contributed by atoms with Crippen molar-refractivity contribution in [1.82, 2.24) is 29.9 Å². The topological polar surface area (TPSA) is 69.4 Å². The summed E-state index contributed by atoms with van der Waals surface area (Å²) in [5.74, 6) is 0.707. The zero-order valence-electron chi connectivity index (χ0n) is 17.1. The van der Waals surface area contributed by atoms with Crippen LogP contribution in [0.2, 0.25) is 0 Å². The van der Waals surface area contributed by atoms with Crippen molar-refractivity contribution >= 4 is 0 Å². The number of rotatable bonds is 4. The molecule has 6 nitrogen and oxygen atoms in total. The monoisotopic (exact) mass is 396 g/mol. The highest BCUT2D eigenvalue weighted by Gasteiger charge is 2.16. The van der Waals surface area contributed by atoms with Gasteiger partial charge in [0, 0.05) is 40.8 Å². The van der Waals surface area contributed by atoms with E-state index in [4.69, 9.17) is 0 Å². The standard InChI is InChI=1S/C24H24N6/c1-17-10-20(14-27-29-17)18-6-5-7-19(11-18)24-25-12-21(13-26-24)22-15-28-30(16-22)23-8-3-2-4-9-23/h5-7,10-16,23H,2-4,8-9H2,1H3. The molecule has 0 atom stereocenters. The maximum atomic E-state index is 4.62. The molecule has 0 N–H and O–H groups in total. The van der Waals surface area contributed by atoms with Gasteiger partial charge in [0.1, 0.15) is 0 Å². The summed E-state index contributed by atoms with van der Waals surface area (Å²) in [5.41, 5.74) is 6.05. The minimum absolute atomic E-state index is 0.529. The first-order valence-electron chi connectivity index (χ1n) is 10.5. The van der Waals surface area contributed by atoms with Crippen LogP contribution in [-0.2, 0) is 0 Å². The van der Waals surface area contributed by atoms with Crippen LogP contribution in [0.15, 0.2) is 61.3 Å². The fourth-order valence-electron chi connectivity index (χ4n) is 4.13. The van der Waals surface area contributed by atoms with Gasteiger partial charge in [0.25, 0.3) is 0 Å². The van der Waals surface area contributed by atoms with E-state index in [1.165, 1.54) is 32.1 Å². The van der Waals surface area contributed by atoms with Crippen LogP contribution in [0.1, 0.15) is 43.8 Å². The molecule has 4 aromatic rings. The summed E-state index contributed by atoms with van der Waals surface area (Å²) >= 11 is 0. The first-order chi connectivity index (χ1) is 14.8. The predicted octanol–water partition coefficient (Wildman–Crippen LogP) is 5.28. The van der Waals surface area contributed by atoms with Crippen LogP contribution in [0.5, 0.6) is 0 Å². The van der Waals surface area contributed by atoms with Crippen molar-refractivity contribution in [3.05, 3.63) is 67.0 Å². The molecular formula is C24H24N6. The van der Waals surface area contributed by atoms with Crippen LogP contribution in [-0.4, -0.2) is 29.9 Å². The third-order valence-electron chi connectivity index (χ3n) is 5.77. The molecule has 0 spiro atoms. The quantitative estimate of drug-likeness (QED) is 0.469. The van der Waals surface area contributed by atoms with Crippen LogP contribution in [0, 0.1) is 6.92 Å². The molecule has 3 heterocycles. The van der Waals surface area contributed by atoms with Crippen LogP contribution < -0.4 is 0 Å². The highest BCUT2D eigenvalue weighted by molar-refractivity contribution is 5.70. The summed E-state index contributed by atoms with van der Waals surface area (Å²) in [7, 11) is 0. The van der Waals surface area contributed by atoms with Gasteiger partial charge in [-0.3, -0.25) is 4.68 Å². The summed E-state index contributed by atoms with van der Waals surface area (Å²) in [6.45, 7) is 1.94. The number of aryl methyl sites for hydroxylation is 1. The number of aromatic nitrogens is 6. The molecule has 1 fully saturated rings. The van der Waals surface area contributed by atoms with Crippen LogP contribution >= 0.6 is 0 Å². The van der Waals surface area contributed by atoms with Crippen LogP contribution in [0.4, 0.5) is 0 Å². The molecule has 5 rings (SSSR count). The van der Waals surface area contributed by atoms with E-state index in [-0.39, 0.29) is 0 Å². The molecular weight excluding hydrogens is 372 g/mol. The molecule has 0 unspecified atom stereocenters. The first kappa shape index (κ1) is 18.6. The minimum atomic E-state index is 0.529. The van der Waals surface area contributed by atoms with Crippen molar-refractivity contribution in [1.29, 1.82) is 0 Å². The van der Waals surface area contributed by atoms with Crippen molar-refractivity contribution in [3.63, 3.8) is 0 Å². The molecule has 1 saturated carbocycles. The lowest BCUT2D eigenvalue weighted by atomic mass is 9.96. The Bertz CT molecular complexity index is 1140. The number of hydrogen-bond acceptors (Lipinski definition) is 5. The fourth-order valence-corrected chi connectivity index (χ4v) is 4.13. The molecule has 1 aliphatic rings. The van der Waals surface area contributed by atoms with Gasteiger partial charge < -0.3 is 0 Å². The van der Waals surface area contributed by atoms with E-state index < -0.39 is 0 Å². The van der Waals surface area contributed by atoms with Gasteiger partial charge in [-0.1, -0.05) is 37.5 Å². The second-order valence-corrected chi connectivity index (χ2v) is 7.96. The Morgan fingerprint density at radius 1 is 0.800 bits per heavy atom.